The number of benzene rings is 1. The fourth-order valence-electron chi connectivity index (χ4n) is 2.74. The standard InChI is InChI=1S/C16H20N4O2S/c1-22-14-6-2-4-12(10-14)19-15(21)18-11-13-5-3-8-20(13)16-17-7-9-23-16/h2,4,6-7,9-10,13H,3,5,8,11H2,1H3,(H2,18,19,21). The number of nitrogens with zero attached hydrogens (tertiary/aromatic N) is 2. The molecule has 1 saturated heterocycles. The van der Waals surface area contributed by atoms with Gasteiger partial charge < -0.3 is 20.3 Å². The Kier molecular flexibility index (Phi) is 4.97. The van der Waals surface area contributed by atoms with Crippen LogP contribution in [0.1, 0.15) is 12.8 Å². The third-order valence-corrected chi connectivity index (χ3v) is 4.68. The van der Waals surface area contributed by atoms with Crippen molar-refractivity contribution in [1.82, 2.24) is 10.3 Å². The van der Waals surface area contributed by atoms with Gasteiger partial charge in [-0.2, -0.15) is 0 Å². The second kappa shape index (κ2) is 7.32. The van der Waals surface area contributed by atoms with Crippen LogP contribution in [0.4, 0.5) is 15.6 Å². The molecule has 2 N–H and O–H groups in total. The highest BCUT2D eigenvalue weighted by molar-refractivity contribution is 7.13. The average Bonchev–Trinajstić information content (AvgIpc) is 3.24. The van der Waals surface area contributed by atoms with Crippen molar-refractivity contribution in [3.05, 3.63) is 35.8 Å². The molecule has 6 nitrogen and oxygen atoms in total. The molecule has 2 amide bonds. The predicted molar refractivity (Wildman–Crippen MR) is 92.5 cm³/mol. The summed E-state index contributed by atoms with van der Waals surface area (Å²) >= 11 is 1.64. The summed E-state index contributed by atoms with van der Waals surface area (Å²) in [5.74, 6) is 0.716. The molecule has 2 aromatic rings. The largest absolute Gasteiger partial charge is 0.497 e. The van der Waals surface area contributed by atoms with Crippen molar-refractivity contribution in [1.29, 1.82) is 0 Å². The van der Waals surface area contributed by atoms with Gasteiger partial charge in [-0.3, -0.25) is 0 Å². The highest BCUT2D eigenvalue weighted by Gasteiger charge is 2.26. The molecule has 1 aliphatic heterocycles. The Bertz CT molecular complexity index is 647. The van der Waals surface area contributed by atoms with Gasteiger partial charge in [0.2, 0.25) is 0 Å². The smallest absolute Gasteiger partial charge is 0.319 e. The Morgan fingerprint density at radius 2 is 2.43 bits per heavy atom. The normalized spacial score (nSPS) is 17.1. The van der Waals surface area contributed by atoms with Crippen LogP contribution in [0.25, 0.3) is 0 Å². The van der Waals surface area contributed by atoms with E-state index in [2.05, 4.69) is 20.5 Å². The molecule has 1 fully saturated rings. The number of aromatic nitrogens is 1. The molecule has 1 unspecified atom stereocenters. The van der Waals surface area contributed by atoms with E-state index in [4.69, 9.17) is 4.74 Å². The lowest BCUT2D eigenvalue weighted by Gasteiger charge is -2.24. The highest BCUT2D eigenvalue weighted by Crippen LogP contribution is 2.26. The van der Waals surface area contributed by atoms with Crippen molar-refractivity contribution in [2.24, 2.45) is 0 Å². The van der Waals surface area contributed by atoms with Crippen molar-refractivity contribution < 1.29 is 9.53 Å². The summed E-state index contributed by atoms with van der Waals surface area (Å²) in [6.45, 7) is 1.60. The molecule has 1 aromatic carbocycles. The molecule has 3 rings (SSSR count). The van der Waals surface area contributed by atoms with Crippen LogP contribution in [0.5, 0.6) is 5.75 Å². The molecule has 1 aromatic heterocycles. The summed E-state index contributed by atoms with van der Waals surface area (Å²) < 4.78 is 5.15. The van der Waals surface area contributed by atoms with Gasteiger partial charge in [0.25, 0.3) is 0 Å². The van der Waals surface area contributed by atoms with Gasteiger partial charge in [-0.15, -0.1) is 11.3 Å². The summed E-state index contributed by atoms with van der Waals surface area (Å²) in [6.07, 6.45) is 4.01. The van der Waals surface area contributed by atoms with Crippen LogP contribution in [0, 0.1) is 0 Å². The summed E-state index contributed by atoms with van der Waals surface area (Å²) in [5.41, 5.74) is 0.713. The topological polar surface area (TPSA) is 66.5 Å². The molecule has 0 saturated carbocycles. The molecule has 1 aliphatic rings. The first-order valence-electron chi connectivity index (χ1n) is 7.61. The number of hydrogen-bond acceptors (Lipinski definition) is 5. The number of methoxy groups -OCH3 is 1. The zero-order valence-electron chi connectivity index (χ0n) is 13.0. The fourth-order valence-corrected chi connectivity index (χ4v) is 3.49. The average molecular weight is 332 g/mol. The Labute approximate surface area is 139 Å². The number of urea groups is 1. The van der Waals surface area contributed by atoms with Crippen LogP contribution < -0.4 is 20.3 Å². The van der Waals surface area contributed by atoms with Crippen LogP contribution in [0.2, 0.25) is 0 Å². The Morgan fingerprint density at radius 3 is 3.22 bits per heavy atom. The molecule has 1 atom stereocenters. The van der Waals surface area contributed by atoms with E-state index >= 15 is 0 Å². The van der Waals surface area contributed by atoms with Gasteiger partial charge in [-0.25, -0.2) is 9.78 Å². The predicted octanol–water partition coefficient (Wildman–Crippen LogP) is 2.94. The van der Waals surface area contributed by atoms with Crippen molar-refractivity contribution in [3.63, 3.8) is 0 Å². The first-order chi connectivity index (χ1) is 11.3. The second-order valence-corrected chi connectivity index (χ2v) is 6.24. The van der Waals surface area contributed by atoms with Gasteiger partial charge in [-0.05, 0) is 25.0 Å². The summed E-state index contributed by atoms with van der Waals surface area (Å²) in [4.78, 5) is 18.7. The molecule has 0 radical (unpaired) electrons. The van der Waals surface area contributed by atoms with Crippen LogP contribution in [-0.2, 0) is 0 Å². The summed E-state index contributed by atoms with van der Waals surface area (Å²) in [6, 6.07) is 7.40. The number of thiazole rings is 1. The van der Waals surface area contributed by atoms with E-state index in [9.17, 15) is 4.79 Å². The van der Waals surface area contributed by atoms with Gasteiger partial charge in [0.1, 0.15) is 5.75 Å². The van der Waals surface area contributed by atoms with E-state index in [0.29, 0.717) is 24.0 Å². The molecule has 122 valence electrons. The lowest BCUT2D eigenvalue weighted by atomic mass is 10.2. The van der Waals surface area contributed by atoms with E-state index in [1.807, 2.05) is 29.8 Å². The van der Waals surface area contributed by atoms with E-state index in [1.165, 1.54) is 0 Å². The SMILES string of the molecule is COc1cccc(NC(=O)NCC2CCCN2c2nccs2)c1. The first kappa shape index (κ1) is 15.6. The second-order valence-electron chi connectivity index (χ2n) is 5.37. The lowest BCUT2D eigenvalue weighted by Crippen LogP contribution is -2.41. The first-order valence-corrected chi connectivity index (χ1v) is 8.49. The number of carbonyl (C=O) groups excluding carboxylic acids is 1. The Balaban J connectivity index is 1.52. The fraction of sp³-hybridized carbons (Fsp3) is 0.375. The molecular formula is C16H20N4O2S. The number of ether oxygens (including phenoxy) is 1. The van der Waals surface area contributed by atoms with Crippen LogP contribution in [0.15, 0.2) is 35.8 Å². The van der Waals surface area contributed by atoms with Gasteiger partial charge in [0.05, 0.1) is 7.11 Å². The van der Waals surface area contributed by atoms with E-state index in [0.717, 1.165) is 24.5 Å². The quantitative estimate of drug-likeness (QED) is 0.883. The molecular weight excluding hydrogens is 312 g/mol. The minimum absolute atomic E-state index is 0.204. The third-order valence-electron chi connectivity index (χ3n) is 3.87. The van der Waals surface area contributed by atoms with Gasteiger partial charge in [0.15, 0.2) is 5.13 Å². The van der Waals surface area contributed by atoms with E-state index < -0.39 is 0 Å². The van der Waals surface area contributed by atoms with Gasteiger partial charge >= 0.3 is 6.03 Å². The van der Waals surface area contributed by atoms with Crippen molar-refractivity contribution >= 4 is 28.2 Å². The maximum absolute atomic E-state index is 12.1. The Hall–Kier alpha value is -2.28. The maximum Gasteiger partial charge on any atom is 0.319 e. The maximum atomic E-state index is 12.1. The number of amides is 2. The highest BCUT2D eigenvalue weighted by atomic mass is 32.1. The summed E-state index contributed by atoms with van der Waals surface area (Å²) in [5, 5.41) is 8.79. The molecule has 0 spiro atoms. The van der Waals surface area contributed by atoms with Crippen LogP contribution in [-0.4, -0.2) is 37.3 Å². The number of anilines is 2. The monoisotopic (exact) mass is 332 g/mol. The van der Waals surface area contributed by atoms with E-state index in [1.54, 1.807) is 24.5 Å². The molecule has 0 bridgehead atoms. The van der Waals surface area contributed by atoms with Gasteiger partial charge in [-0.1, -0.05) is 6.07 Å². The van der Waals surface area contributed by atoms with Crippen LogP contribution in [0.3, 0.4) is 0 Å². The Morgan fingerprint density at radius 1 is 1.52 bits per heavy atom. The number of hydrogen-bond donors (Lipinski definition) is 2. The number of nitrogens with one attached hydrogen (secondary N) is 2. The third kappa shape index (κ3) is 3.92. The van der Waals surface area contributed by atoms with Crippen molar-refractivity contribution in [3.8, 4) is 5.75 Å². The zero-order valence-corrected chi connectivity index (χ0v) is 13.8. The van der Waals surface area contributed by atoms with Crippen LogP contribution >= 0.6 is 11.3 Å². The van der Waals surface area contributed by atoms with Gasteiger partial charge in [0, 0.05) is 42.5 Å². The molecule has 23 heavy (non-hydrogen) atoms. The number of rotatable bonds is 5. The van der Waals surface area contributed by atoms with E-state index in [-0.39, 0.29) is 6.03 Å². The number of carbonyl (C=O) groups is 1. The molecule has 0 aliphatic carbocycles. The minimum Gasteiger partial charge on any atom is -0.497 e. The minimum atomic E-state index is -0.204. The zero-order chi connectivity index (χ0) is 16.1. The molecule has 7 heteroatoms. The molecule has 2 heterocycles. The lowest BCUT2D eigenvalue weighted by molar-refractivity contribution is 0.251. The van der Waals surface area contributed by atoms with Crippen molar-refractivity contribution in [2.75, 3.05) is 30.4 Å². The van der Waals surface area contributed by atoms with Crippen molar-refractivity contribution in [2.45, 2.75) is 18.9 Å². The summed E-state index contributed by atoms with van der Waals surface area (Å²) in [7, 11) is 1.60.